The maximum absolute atomic E-state index is 12.4. The minimum absolute atomic E-state index is 0.158. The van der Waals surface area contributed by atoms with Gasteiger partial charge in [-0.2, -0.15) is 0 Å². The summed E-state index contributed by atoms with van der Waals surface area (Å²) in [6.45, 7) is 2.85. The summed E-state index contributed by atoms with van der Waals surface area (Å²) in [6, 6.07) is 3.36. The van der Waals surface area contributed by atoms with Crippen LogP contribution in [-0.4, -0.2) is 44.8 Å². The molecular formula is C19H25N7O2. The van der Waals surface area contributed by atoms with Crippen LogP contribution < -0.4 is 16.2 Å². The van der Waals surface area contributed by atoms with Crippen molar-refractivity contribution in [3.63, 3.8) is 0 Å². The van der Waals surface area contributed by atoms with Gasteiger partial charge in [-0.15, -0.1) is 0 Å². The van der Waals surface area contributed by atoms with Gasteiger partial charge in [0.25, 0.3) is 5.56 Å². The molecule has 0 aliphatic carbocycles. The number of hydrogen-bond donors (Lipinski definition) is 1. The van der Waals surface area contributed by atoms with Crippen molar-refractivity contribution in [2.24, 2.45) is 0 Å². The zero-order chi connectivity index (χ0) is 19.8. The Morgan fingerprint density at radius 2 is 2.11 bits per heavy atom. The minimum atomic E-state index is -0.235. The van der Waals surface area contributed by atoms with Gasteiger partial charge in [0, 0.05) is 26.9 Å². The number of nitrogens with two attached hydrogens (primary N) is 1. The standard InChI is InChI=1S/C19H25N7O2/c1-12-21-17(24(2)3)16-18(22-12)26(15-8-4-5-10-28-15)14(23-16)11-25-9-6-7-13(20)19(25)27/h6-7,9,15H,4-5,8,10-11,20H2,1-3H3. The summed E-state index contributed by atoms with van der Waals surface area (Å²) in [5.41, 5.74) is 7.21. The van der Waals surface area contributed by atoms with Crippen LogP contribution in [0.15, 0.2) is 23.1 Å². The molecule has 0 spiro atoms. The predicted octanol–water partition coefficient (Wildman–Crippen LogP) is 1.69. The third-order valence-corrected chi connectivity index (χ3v) is 4.93. The van der Waals surface area contributed by atoms with Crippen LogP contribution in [0.5, 0.6) is 0 Å². The van der Waals surface area contributed by atoms with Crippen molar-refractivity contribution < 1.29 is 4.74 Å². The Labute approximate surface area is 162 Å². The number of aromatic nitrogens is 5. The first-order chi connectivity index (χ1) is 13.5. The highest BCUT2D eigenvalue weighted by Crippen LogP contribution is 2.31. The number of hydrogen-bond acceptors (Lipinski definition) is 7. The van der Waals surface area contributed by atoms with Crippen molar-refractivity contribution in [2.45, 2.75) is 39.0 Å². The highest BCUT2D eigenvalue weighted by molar-refractivity contribution is 5.84. The second kappa shape index (κ2) is 7.23. The number of anilines is 2. The Kier molecular flexibility index (Phi) is 4.76. The Hall–Kier alpha value is -2.94. The van der Waals surface area contributed by atoms with E-state index < -0.39 is 0 Å². The number of imidazole rings is 1. The summed E-state index contributed by atoms with van der Waals surface area (Å²) < 4.78 is 9.62. The molecule has 1 saturated heterocycles. The van der Waals surface area contributed by atoms with Gasteiger partial charge in [0.2, 0.25) is 0 Å². The molecule has 148 valence electrons. The number of nitrogen functional groups attached to an aromatic ring is 1. The Balaban J connectivity index is 1.92. The molecule has 4 rings (SSSR count). The summed E-state index contributed by atoms with van der Waals surface area (Å²) in [6.07, 6.45) is 4.56. The molecule has 3 aromatic heterocycles. The van der Waals surface area contributed by atoms with Gasteiger partial charge in [0.1, 0.15) is 17.9 Å². The van der Waals surface area contributed by atoms with Gasteiger partial charge < -0.3 is 19.9 Å². The van der Waals surface area contributed by atoms with Crippen LogP contribution in [-0.2, 0) is 11.3 Å². The van der Waals surface area contributed by atoms with E-state index in [-0.39, 0.29) is 24.0 Å². The number of ether oxygens (including phenoxy) is 1. The summed E-state index contributed by atoms with van der Waals surface area (Å²) >= 11 is 0. The molecule has 2 N–H and O–H groups in total. The molecule has 1 aliphatic heterocycles. The van der Waals surface area contributed by atoms with Crippen LogP contribution >= 0.6 is 0 Å². The molecular weight excluding hydrogens is 358 g/mol. The van der Waals surface area contributed by atoms with Crippen LogP contribution in [0, 0.1) is 6.92 Å². The topological polar surface area (TPSA) is 104 Å². The quantitative estimate of drug-likeness (QED) is 0.731. The molecule has 0 saturated carbocycles. The molecule has 0 amide bonds. The monoisotopic (exact) mass is 383 g/mol. The number of rotatable bonds is 4. The third-order valence-electron chi connectivity index (χ3n) is 4.93. The van der Waals surface area contributed by atoms with Crippen molar-refractivity contribution in [1.29, 1.82) is 0 Å². The van der Waals surface area contributed by atoms with E-state index in [0.29, 0.717) is 23.8 Å². The van der Waals surface area contributed by atoms with Crippen LogP contribution in [0.1, 0.15) is 37.1 Å². The SMILES string of the molecule is Cc1nc(N(C)C)c2nc(Cn3cccc(N)c3=O)n(C3CCCCO3)c2n1. The molecule has 9 nitrogen and oxygen atoms in total. The van der Waals surface area contributed by atoms with Gasteiger partial charge in [0.05, 0.1) is 12.2 Å². The highest BCUT2D eigenvalue weighted by atomic mass is 16.5. The lowest BCUT2D eigenvalue weighted by Gasteiger charge is -2.26. The first kappa shape index (κ1) is 18.4. The predicted molar refractivity (Wildman–Crippen MR) is 107 cm³/mol. The largest absolute Gasteiger partial charge is 0.394 e. The van der Waals surface area contributed by atoms with Crippen molar-refractivity contribution in [2.75, 3.05) is 31.3 Å². The summed E-state index contributed by atoms with van der Waals surface area (Å²) in [5.74, 6) is 2.12. The van der Waals surface area contributed by atoms with Gasteiger partial charge in [0.15, 0.2) is 17.0 Å². The van der Waals surface area contributed by atoms with Gasteiger partial charge in [-0.1, -0.05) is 0 Å². The summed E-state index contributed by atoms with van der Waals surface area (Å²) in [4.78, 5) is 28.4. The van der Waals surface area contributed by atoms with E-state index in [1.807, 2.05) is 30.5 Å². The molecule has 28 heavy (non-hydrogen) atoms. The highest BCUT2D eigenvalue weighted by Gasteiger charge is 2.25. The summed E-state index contributed by atoms with van der Waals surface area (Å²) in [7, 11) is 3.86. The number of aryl methyl sites for hydroxylation is 1. The van der Waals surface area contributed by atoms with E-state index in [9.17, 15) is 4.79 Å². The van der Waals surface area contributed by atoms with E-state index >= 15 is 0 Å². The molecule has 1 unspecified atom stereocenters. The molecule has 0 radical (unpaired) electrons. The fraction of sp³-hybridized carbons (Fsp3) is 0.474. The maximum atomic E-state index is 12.4. The average Bonchev–Trinajstić information content (AvgIpc) is 3.03. The molecule has 3 aromatic rings. The zero-order valence-electron chi connectivity index (χ0n) is 16.4. The molecule has 1 fully saturated rings. The van der Waals surface area contributed by atoms with E-state index in [1.54, 1.807) is 22.9 Å². The normalized spacial score (nSPS) is 17.2. The molecule has 1 atom stereocenters. The Bertz CT molecular complexity index is 1060. The molecule has 0 bridgehead atoms. The zero-order valence-corrected chi connectivity index (χ0v) is 16.4. The lowest BCUT2D eigenvalue weighted by atomic mass is 10.2. The second-order valence-electron chi connectivity index (χ2n) is 7.28. The molecule has 9 heteroatoms. The molecule has 1 aliphatic rings. The Morgan fingerprint density at radius 3 is 2.82 bits per heavy atom. The lowest BCUT2D eigenvalue weighted by Crippen LogP contribution is -2.26. The van der Waals surface area contributed by atoms with Crippen molar-refractivity contribution in [3.05, 3.63) is 40.3 Å². The summed E-state index contributed by atoms with van der Waals surface area (Å²) in [5, 5.41) is 0. The number of fused-ring (bicyclic) bond motifs is 1. The van der Waals surface area contributed by atoms with Crippen LogP contribution in [0.4, 0.5) is 11.5 Å². The fourth-order valence-electron chi connectivity index (χ4n) is 3.60. The first-order valence-electron chi connectivity index (χ1n) is 9.45. The third kappa shape index (κ3) is 3.22. The molecule has 4 heterocycles. The number of nitrogens with zero attached hydrogens (tertiary/aromatic N) is 6. The van der Waals surface area contributed by atoms with E-state index in [2.05, 4.69) is 9.97 Å². The van der Waals surface area contributed by atoms with Crippen LogP contribution in [0.2, 0.25) is 0 Å². The molecule has 0 aromatic carbocycles. The maximum Gasteiger partial charge on any atom is 0.274 e. The number of pyridine rings is 1. The van der Waals surface area contributed by atoms with Crippen molar-refractivity contribution >= 4 is 22.7 Å². The second-order valence-corrected chi connectivity index (χ2v) is 7.28. The van der Waals surface area contributed by atoms with E-state index in [1.165, 1.54) is 0 Å². The average molecular weight is 383 g/mol. The van der Waals surface area contributed by atoms with E-state index in [4.69, 9.17) is 15.5 Å². The van der Waals surface area contributed by atoms with Gasteiger partial charge >= 0.3 is 0 Å². The Morgan fingerprint density at radius 1 is 1.29 bits per heavy atom. The lowest BCUT2D eigenvalue weighted by molar-refractivity contribution is -0.0314. The van der Waals surface area contributed by atoms with Gasteiger partial charge in [-0.3, -0.25) is 9.36 Å². The van der Waals surface area contributed by atoms with Crippen LogP contribution in [0.3, 0.4) is 0 Å². The smallest absolute Gasteiger partial charge is 0.274 e. The van der Waals surface area contributed by atoms with Crippen molar-refractivity contribution in [3.8, 4) is 0 Å². The first-order valence-corrected chi connectivity index (χ1v) is 9.45. The fourth-order valence-corrected chi connectivity index (χ4v) is 3.60. The van der Waals surface area contributed by atoms with E-state index in [0.717, 1.165) is 30.7 Å². The van der Waals surface area contributed by atoms with Gasteiger partial charge in [-0.25, -0.2) is 15.0 Å². The minimum Gasteiger partial charge on any atom is -0.394 e. The van der Waals surface area contributed by atoms with Crippen molar-refractivity contribution in [1.82, 2.24) is 24.1 Å². The van der Waals surface area contributed by atoms with Gasteiger partial charge in [-0.05, 0) is 38.3 Å². The van der Waals surface area contributed by atoms with Crippen LogP contribution in [0.25, 0.3) is 11.2 Å².